The van der Waals surface area contributed by atoms with E-state index in [9.17, 15) is 0 Å². The Labute approximate surface area is 163 Å². The second kappa shape index (κ2) is 6.71. The first kappa shape index (κ1) is 16.9. The maximum atomic E-state index is 5.39. The predicted molar refractivity (Wildman–Crippen MR) is 98.9 cm³/mol. The first-order valence-electron chi connectivity index (χ1n) is 8.48. The van der Waals surface area contributed by atoms with Crippen LogP contribution in [0.2, 0.25) is 0 Å². The largest absolute Gasteiger partial charge is 0.469 e. The molecule has 0 radical (unpaired) electrons. The molecule has 10 heteroatoms. The Kier molecular flexibility index (Phi) is 4.05. The highest BCUT2D eigenvalue weighted by Crippen LogP contribution is 2.35. The van der Waals surface area contributed by atoms with E-state index in [0.717, 1.165) is 27.9 Å². The van der Waals surface area contributed by atoms with Crippen molar-refractivity contribution in [3.63, 3.8) is 0 Å². The van der Waals surface area contributed by atoms with Crippen LogP contribution in [0, 0.1) is 6.92 Å². The van der Waals surface area contributed by atoms with Crippen molar-refractivity contribution in [2.45, 2.75) is 17.8 Å². The predicted octanol–water partition coefficient (Wildman–Crippen LogP) is 3.45. The van der Waals surface area contributed by atoms with E-state index >= 15 is 0 Å². The number of benzene rings is 1. The summed E-state index contributed by atoms with van der Waals surface area (Å²) >= 11 is 1.47. The molecule has 0 amide bonds. The van der Waals surface area contributed by atoms with Crippen molar-refractivity contribution in [2.24, 2.45) is 7.05 Å². The molecule has 0 saturated carbocycles. The minimum atomic E-state index is 0.227. The molecule has 0 spiro atoms. The van der Waals surface area contributed by atoms with Crippen LogP contribution < -0.4 is 9.47 Å². The smallest absolute Gasteiger partial charge is 0.237 e. The van der Waals surface area contributed by atoms with Gasteiger partial charge in [0.2, 0.25) is 18.5 Å². The lowest BCUT2D eigenvalue weighted by Crippen LogP contribution is -1.95. The first-order valence-corrected chi connectivity index (χ1v) is 9.47. The zero-order chi connectivity index (χ0) is 19.1. The molecule has 9 nitrogen and oxygen atoms in total. The van der Waals surface area contributed by atoms with E-state index in [1.54, 1.807) is 6.26 Å². The van der Waals surface area contributed by atoms with Gasteiger partial charge in [-0.3, -0.25) is 0 Å². The average molecular weight is 397 g/mol. The van der Waals surface area contributed by atoms with Crippen molar-refractivity contribution in [3.8, 4) is 34.3 Å². The number of rotatable bonds is 5. The van der Waals surface area contributed by atoms with Crippen LogP contribution in [0.5, 0.6) is 11.5 Å². The molecule has 0 unspecified atom stereocenters. The highest BCUT2D eigenvalue weighted by atomic mass is 32.2. The van der Waals surface area contributed by atoms with Crippen LogP contribution >= 0.6 is 11.8 Å². The number of hydrogen-bond donors (Lipinski definition) is 0. The summed E-state index contributed by atoms with van der Waals surface area (Å²) in [6.07, 6.45) is 1.64. The number of ether oxygens (including phenoxy) is 2. The van der Waals surface area contributed by atoms with Gasteiger partial charge in [0.15, 0.2) is 22.5 Å². The lowest BCUT2D eigenvalue weighted by atomic mass is 10.2. The second-order valence-electron chi connectivity index (χ2n) is 6.12. The zero-order valence-corrected chi connectivity index (χ0v) is 15.9. The number of fused-ring (bicyclic) bond motifs is 1. The van der Waals surface area contributed by atoms with E-state index in [2.05, 4.69) is 20.3 Å². The maximum Gasteiger partial charge on any atom is 0.237 e. The van der Waals surface area contributed by atoms with E-state index in [1.165, 1.54) is 11.8 Å². The fourth-order valence-electron chi connectivity index (χ4n) is 2.88. The van der Waals surface area contributed by atoms with Gasteiger partial charge in [0.05, 0.1) is 17.6 Å². The molecule has 0 atom stereocenters. The lowest BCUT2D eigenvalue weighted by Gasteiger charge is -2.01. The van der Waals surface area contributed by atoms with Crippen molar-refractivity contribution >= 4 is 11.8 Å². The third-order valence-electron chi connectivity index (χ3n) is 4.36. The van der Waals surface area contributed by atoms with Gasteiger partial charge in [-0.05, 0) is 31.2 Å². The molecule has 4 heterocycles. The number of thioether (sulfide) groups is 1. The summed E-state index contributed by atoms with van der Waals surface area (Å²) < 4.78 is 23.3. The van der Waals surface area contributed by atoms with Crippen molar-refractivity contribution in [3.05, 3.63) is 42.2 Å². The van der Waals surface area contributed by atoms with Crippen molar-refractivity contribution < 1.29 is 18.4 Å². The van der Waals surface area contributed by atoms with Crippen LogP contribution in [0.25, 0.3) is 22.8 Å². The summed E-state index contributed by atoms with van der Waals surface area (Å²) in [6, 6.07) is 7.43. The van der Waals surface area contributed by atoms with E-state index in [0.29, 0.717) is 29.0 Å². The molecule has 0 saturated heterocycles. The average Bonchev–Trinajstić information content (AvgIpc) is 3.47. The molecule has 142 valence electrons. The quantitative estimate of drug-likeness (QED) is 0.469. The SMILES string of the molecule is Cc1occc1-c1nnc(SCc2nc(-c3ccc4c(c3)OCO4)no2)n1C. The number of furan rings is 1. The van der Waals surface area contributed by atoms with Crippen LogP contribution in [-0.4, -0.2) is 31.7 Å². The second-order valence-corrected chi connectivity index (χ2v) is 7.07. The van der Waals surface area contributed by atoms with E-state index in [1.807, 2.05) is 42.8 Å². The Morgan fingerprint density at radius 1 is 1.14 bits per heavy atom. The van der Waals surface area contributed by atoms with E-state index < -0.39 is 0 Å². The molecule has 0 aliphatic carbocycles. The van der Waals surface area contributed by atoms with Gasteiger partial charge in [-0.25, -0.2) is 0 Å². The monoisotopic (exact) mass is 397 g/mol. The fourth-order valence-corrected chi connectivity index (χ4v) is 3.63. The van der Waals surface area contributed by atoms with Crippen LogP contribution in [0.4, 0.5) is 0 Å². The number of hydrogen-bond acceptors (Lipinski definition) is 9. The van der Waals surface area contributed by atoms with E-state index in [-0.39, 0.29) is 6.79 Å². The third-order valence-corrected chi connectivity index (χ3v) is 5.36. The van der Waals surface area contributed by atoms with Crippen LogP contribution in [0.1, 0.15) is 11.7 Å². The summed E-state index contributed by atoms with van der Waals surface area (Å²) in [5, 5.41) is 13.3. The van der Waals surface area contributed by atoms with Gasteiger partial charge >= 0.3 is 0 Å². The zero-order valence-electron chi connectivity index (χ0n) is 15.1. The Balaban J connectivity index is 1.31. The Bertz CT molecular complexity index is 1150. The molecule has 0 fully saturated rings. The molecule has 3 aromatic heterocycles. The molecule has 1 aliphatic rings. The van der Waals surface area contributed by atoms with Crippen LogP contribution in [0.15, 0.2) is 44.6 Å². The summed E-state index contributed by atoms with van der Waals surface area (Å²) in [6.45, 7) is 2.12. The first-order chi connectivity index (χ1) is 13.7. The topological polar surface area (TPSA) is 101 Å². The van der Waals surface area contributed by atoms with Gasteiger partial charge in [0.1, 0.15) is 5.76 Å². The Morgan fingerprint density at radius 3 is 2.89 bits per heavy atom. The van der Waals surface area contributed by atoms with Gasteiger partial charge in [-0.15, -0.1) is 10.2 Å². The fraction of sp³-hybridized carbons (Fsp3) is 0.222. The normalized spacial score (nSPS) is 12.6. The van der Waals surface area contributed by atoms with Gasteiger partial charge in [-0.2, -0.15) is 4.98 Å². The molecule has 28 heavy (non-hydrogen) atoms. The molecule has 4 aromatic rings. The molecule has 0 bridgehead atoms. The molecule has 0 N–H and O–H groups in total. The molecule has 1 aliphatic heterocycles. The summed E-state index contributed by atoms with van der Waals surface area (Å²) in [7, 11) is 1.91. The van der Waals surface area contributed by atoms with Gasteiger partial charge in [0, 0.05) is 12.6 Å². The molecule has 5 rings (SSSR count). The minimum Gasteiger partial charge on any atom is -0.469 e. The number of aryl methyl sites for hydroxylation is 1. The highest BCUT2D eigenvalue weighted by molar-refractivity contribution is 7.98. The van der Waals surface area contributed by atoms with Gasteiger partial charge in [-0.1, -0.05) is 16.9 Å². The standard InChI is InChI=1S/C18H15N5O4S/c1-10-12(5-6-24-10)17-20-21-18(23(17)2)28-8-15-19-16(22-27-15)11-3-4-13-14(7-11)26-9-25-13/h3-7H,8-9H2,1-2H3. The highest BCUT2D eigenvalue weighted by Gasteiger charge is 2.18. The third kappa shape index (κ3) is 2.91. The van der Waals surface area contributed by atoms with E-state index in [4.69, 9.17) is 18.4 Å². The minimum absolute atomic E-state index is 0.227. The summed E-state index contributed by atoms with van der Waals surface area (Å²) in [5.41, 5.74) is 1.73. The molecular formula is C18H15N5O4S. The van der Waals surface area contributed by atoms with Gasteiger partial charge in [0.25, 0.3) is 0 Å². The molecular weight excluding hydrogens is 382 g/mol. The van der Waals surface area contributed by atoms with Crippen LogP contribution in [-0.2, 0) is 12.8 Å². The Hall–Kier alpha value is -3.27. The van der Waals surface area contributed by atoms with Crippen molar-refractivity contribution in [1.29, 1.82) is 0 Å². The Morgan fingerprint density at radius 2 is 2.04 bits per heavy atom. The lowest BCUT2D eigenvalue weighted by molar-refractivity contribution is 0.174. The number of nitrogens with zero attached hydrogens (tertiary/aromatic N) is 5. The maximum absolute atomic E-state index is 5.39. The van der Waals surface area contributed by atoms with Gasteiger partial charge < -0.3 is 23.0 Å². The summed E-state index contributed by atoms with van der Waals surface area (Å²) in [5.74, 6) is 4.43. The molecule has 1 aromatic carbocycles. The van der Waals surface area contributed by atoms with Crippen molar-refractivity contribution in [1.82, 2.24) is 24.9 Å². The summed E-state index contributed by atoms with van der Waals surface area (Å²) in [4.78, 5) is 4.45. The number of aromatic nitrogens is 5. The van der Waals surface area contributed by atoms with Crippen LogP contribution in [0.3, 0.4) is 0 Å². The van der Waals surface area contributed by atoms with Crippen molar-refractivity contribution in [2.75, 3.05) is 6.79 Å².